The molecule has 3 heterocycles. The molecule has 1 saturated heterocycles. The number of hydrogen-bond acceptors (Lipinski definition) is 4. The van der Waals surface area contributed by atoms with Crippen LogP contribution in [0.5, 0.6) is 0 Å². The number of halogens is 1. The van der Waals surface area contributed by atoms with Crippen molar-refractivity contribution in [3.63, 3.8) is 0 Å². The third kappa shape index (κ3) is 5.38. The predicted octanol–water partition coefficient (Wildman–Crippen LogP) is 5.08. The number of pyridine rings is 1. The van der Waals surface area contributed by atoms with Crippen LogP contribution in [0.3, 0.4) is 0 Å². The van der Waals surface area contributed by atoms with Crippen molar-refractivity contribution < 1.29 is 9.18 Å². The van der Waals surface area contributed by atoms with Crippen LogP contribution in [0.15, 0.2) is 91.3 Å². The highest BCUT2D eigenvalue weighted by Gasteiger charge is 2.41. The fraction of sp³-hybridized carbons (Fsp3) is 0.207. The molecule has 5 rings (SSSR count). The lowest BCUT2D eigenvalue weighted by molar-refractivity contribution is -0.116. The van der Waals surface area contributed by atoms with E-state index in [4.69, 9.17) is 12.2 Å². The van der Waals surface area contributed by atoms with Gasteiger partial charge in [0.2, 0.25) is 5.91 Å². The minimum atomic E-state index is -0.348. The van der Waals surface area contributed by atoms with E-state index >= 15 is 0 Å². The van der Waals surface area contributed by atoms with Gasteiger partial charge in [-0.05, 0) is 85.0 Å². The molecular formula is C29H29FN6OS. The number of rotatable bonds is 8. The number of thiocarbonyl (C=S) groups is 1. The second kappa shape index (κ2) is 11.0. The van der Waals surface area contributed by atoms with Crippen molar-refractivity contribution in [2.24, 2.45) is 0 Å². The van der Waals surface area contributed by atoms with Crippen LogP contribution in [-0.2, 0) is 4.79 Å². The van der Waals surface area contributed by atoms with Crippen LogP contribution < -0.4 is 15.5 Å². The van der Waals surface area contributed by atoms with Gasteiger partial charge < -0.3 is 25.0 Å². The van der Waals surface area contributed by atoms with Crippen LogP contribution in [0.25, 0.3) is 5.69 Å². The van der Waals surface area contributed by atoms with Gasteiger partial charge in [-0.25, -0.2) is 4.39 Å². The Labute approximate surface area is 226 Å². The average Bonchev–Trinajstić information content (AvgIpc) is 3.53. The first-order valence-corrected chi connectivity index (χ1v) is 12.8. The van der Waals surface area contributed by atoms with Crippen molar-refractivity contribution in [1.82, 2.24) is 19.8 Å². The summed E-state index contributed by atoms with van der Waals surface area (Å²) < 4.78 is 15.4. The highest BCUT2D eigenvalue weighted by Crippen LogP contribution is 2.39. The van der Waals surface area contributed by atoms with Crippen molar-refractivity contribution in [2.45, 2.75) is 18.5 Å². The van der Waals surface area contributed by atoms with E-state index in [1.807, 2.05) is 44.6 Å². The normalized spacial score (nSPS) is 16.8. The van der Waals surface area contributed by atoms with Gasteiger partial charge in [0, 0.05) is 62.2 Å². The number of carbonyl (C=O) groups excluding carboxylic acids is 1. The Morgan fingerprint density at radius 1 is 1.05 bits per heavy atom. The molecule has 0 saturated carbocycles. The van der Waals surface area contributed by atoms with E-state index in [0.29, 0.717) is 17.3 Å². The zero-order valence-corrected chi connectivity index (χ0v) is 22.0. The molecule has 1 aliphatic rings. The Hall–Kier alpha value is -4.24. The molecule has 194 valence electrons. The summed E-state index contributed by atoms with van der Waals surface area (Å²) in [6.45, 7) is 0.400. The molecule has 2 aromatic heterocycles. The Balaban J connectivity index is 1.43. The minimum Gasteiger partial charge on any atom is -0.378 e. The Morgan fingerprint density at radius 2 is 1.82 bits per heavy atom. The number of carbonyl (C=O) groups is 1. The van der Waals surface area contributed by atoms with Crippen molar-refractivity contribution >= 4 is 34.6 Å². The number of nitrogens with zero attached hydrogens (tertiary/aromatic N) is 4. The van der Waals surface area contributed by atoms with Gasteiger partial charge in [-0.2, -0.15) is 0 Å². The van der Waals surface area contributed by atoms with Gasteiger partial charge in [0.05, 0.1) is 17.8 Å². The monoisotopic (exact) mass is 528 g/mol. The molecule has 4 aromatic rings. The summed E-state index contributed by atoms with van der Waals surface area (Å²) in [5.41, 5.74) is 4.60. The highest BCUT2D eigenvalue weighted by molar-refractivity contribution is 7.80. The lowest BCUT2D eigenvalue weighted by Gasteiger charge is -2.29. The maximum atomic E-state index is 13.2. The largest absolute Gasteiger partial charge is 0.378 e. The Kier molecular flexibility index (Phi) is 7.37. The lowest BCUT2D eigenvalue weighted by Crippen LogP contribution is -2.33. The smallest absolute Gasteiger partial charge is 0.226 e. The molecule has 1 amide bonds. The summed E-state index contributed by atoms with van der Waals surface area (Å²) in [5, 5.41) is 6.84. The number of hydrogen-bond donors (Lipinski definition) is 2. The molecule has 7 nitrogen and oxygen atoms in total. The Bertz CT molecular complexity index is 1410. The summed E-state index contributed by atoms with van der Waals surface area (Å²) in [6.07, 6.45) is 4.02. The summed E-state index contributed by atoms with van der Waals surface area (Å²) >= 11 is 5.77. The second-order valence-corrected chi connectivity index (χ2v) is 9.73. The van der Waals surface area contributed by atoms with E-state index in [1.54, 1.807) is 18.3 Å². The molecule has 38 heavy (non-hydrogen) atoms. The molecule has 0 spiro atoms. The molecule has 0 radical (unpaired) electrons. The van der Waals surface area contributed by atoms with Crippen molar-refractivity contribution in [2.75, 3.05) is 30.9 Å². The molecule has 2 N–H and O–H groups in total. The summed E-state index contributed by atoms with van der Waals surface area (Å²) in [4.78, 5) is 21.5. The number of benzene rings is 2. The van der Waals surface area contributed by atoms with Crippen molar-refractivity contribution in [1.29, 1.82) is 0 Å². The first-order valence-electron chi connectivity index (χ1n) is 12.4. The van der Waals surface area contributed by atoms with Crippen LogP contribution in [0, 0.1) is 5.82 Å². The molecule has 0 unspecified atom stereocenters. The lowest BCUT2D eigenvalue weighted by atomic mass is 10.0. The first kappa shape index (κ1) is 25.4. The molecule has 9 heteroatoms. The van der Waals surface area contributed by atoms with Gasteiger partial charge in [0.1, 0.15) is 5.82 Å². The van der Waals surface area contributed by atoms with Gasteiger partial charge in [0.25, 0.3) is 0 Å². The third-order valence-electron chi connectivity index (χ3n) is 6.63. The zero-order chi connectivity index (χ0) is 26.6. The molecule has 0 bridgehead atoms. The van der Waals surface area contributed by atoms with Crippen molar-refractivity contribution in [3.05, 3.63) is 108 Å². The predicted molar refractivity (Wildman–Crippen MR) is 152 cm³/mol. The van der Waals surface area contributed by atoms with Crippen molar-refractivity contribution in [3.8, 4) is 5.69 Å². The number of amides is 1. The number of aromatic nitrogens is 2. The first-order chi connectivity index (χ1) is 18.4. The van der Waals surface area contributed by atoms with Gasteiger partial charge in [-0.15, -0.1) is 0 Å². The standard InChI is InChI=1S/C29H29FN6OS/c1-34(2)22-12-14-23(15-13-22)35-18-5-7-25(35)28-27(24-6-3-4-17-31-24)33-29(38)36(28)19-16-26(37)32-21-10-8-20(30)9-11-21/h3-15,17-18,27-28H,16,19H2,1-2H3,(H,32,37)(H,33,38)/t27-,28+/m0/s1. The molecule has 2 aromatic carbocycles. The van der Waals surface area contributed by atoms with E-state index in [2.05, 4.69) is 60.3 Å². The molecule has 1 aliphatic heterocycles. The van der Waals surface area contributed by atoms with Gasteiger partial charge >= 0.3 is 0 Å². The maximum absolute atomic E-state index is 13.2. The zero-order valence-electron chi connectivity index (χ0n) is 21.2. The fourth-order valence-corrected chi connectivity index (χ4v) is 5.06. The van der Waals surface area contributed by atoms with Crippen LogP contribution in [0.4, 0.5) is 15.8 Å². The molecule has 0 aliphatic carbocycles. The van der Waals surface area contributed by atoms with Crippen LogP contribution in [-0.4, -0.2) is 46.1 Å². The van der Waals surface area contributed by atoms with E-state index in [9.17, 15) is 9.18 Å². The quantitative estimate of drug-likeness (QED) is 0.311. The SMILES string of the molecule is CN(C)c1ccc(-n2cccc2[C@@H]2[C@H](c3ccccn3)NC(=S)N2CCC(=O)Nc2ccc(F)cc2)cc1. The summed E-state index contributed by atoms with van der Waals surface area (Å²) in [7, 11) is 4.03. The summed E-state index contributed by atoms with van der Waals surface area (Å²) in [5.74, 6) is -0.520. The van der Waals surface area contributed by atoms with E-state index in [-0.39, 0.29) is 30.2 Å². The second-order valence-electron chi connectivity index (χ2n) is 9.34. The summed E-state index contributed by atoms with van der Waals surface area (Å²) in [6, 6.07) is 23.6. The van der Waals surface area contributed by atoms with Gasteiger partial charge in [-0.3, -0.25) is 9.78 Å². The Morgan fingerprint density at radius 3 is 2.50 bits per heavy atom. The third-order valence-corrected chi connectivity index (χ3v) is 6.99. The average molecular weight is 529 g/mol. The minimum absolute atomic E-state index is 0.172. The van der Waals surface area contributed by atoms with Gasteiger partial charge in [0.15, 0.2) is 5.11 Å². The van der Waals surface area contributed by atoms with Crippen LogP contribution >= 0.6 is 12.2 Å². The fourth-order valence-electron chi connectivity index (χ4n) is 4.73. The topological polar surface area (TPSA) is 65.4 Å². The number of anilines is 2. The van der Waals surface area contributed by atoms with Crippen LogP contribution in [0.1, 0.15) is 29.9 Å². The maximum Gasteiger partial charge on any atom is 0.226 e. The van der Waals surface area contributed by atoms with Crippen LogP contribution in [0.2, 0.25) is 0 Å². The van der Waals surface area contributed by atoms with E-state index in [0.717, 1.165) is 22.8 Å². The number of nitrogens with one attached hydrogen (secondary N) is 2. The van der Waals surface area contributed by atoms with Gasteiger partial charge in [-0.1, -0.05) is 6.07 Å². The van der Waals surface area contributed by atoms with E-state index in [1.165, 1.54) is 12.1 Å². The molecule has 2 atom stereocenters. The van der Waals surface area contributed by atoms with E-state index < -0.39 is 0 Å². The molecular weight excluding hydrogens is 499 g/mol. The molecule has 1 fully saturated rings. The highest BCUT2D eigenvalue weighted by atomic mass is 32.1.